The van der Waals surface area contributed by atoms with Crippen LogP contribution in [0.1, 0.15) is 52.5 Å². The SMILES string of the molecule is C[C@H](OC(=O)CCNS(=O)(=O)c1ccc(C(C)(C)C)cc1)C(=O)NC1CC1. The summed E-state index contributed by atoms with van der Waals surface area (Å²) in [5.74, 6) is -0.954. The molecule has 7 nitrogen and oxygen atoms in total. The smallest absolute Gasteiger partial charge is 0.307 e. The Balaban J connectivity index is 1.80. The van der Waals surface area contributed by atoms with Crippen LogP contribution in [-0.2, 0) is 29.8 Å². The molecular formula is C19H28N2O5S. The van der Waals surface area contributed by atoms with E-state index in [9.17, 15) is 18.0 Å². The molecule has 27 heavy (non-hydrogen) atoms. The fourth-order valence-electron chi connectivity index (χ4n) is 2.36. The molecule has 0 unspecified atom stereocenters. The van der Waals surface area contributed by atoms with Crippen LogP contribution in [0.2, 0.25) is 0 Å². The highest BCUT2D eigenvalue weighted by molar-refractivity contribution is 7.89. The molecule has 8 heteroatoms. The summed E-state index contributed by atoms with van der Waals surface area (Å²) in [6, 6.07) is 6.85. The number of carbonyl (C=O) groups excluding carboxylic acids is 2. The Morgan fingerprint density at radius 2 is 1.78 bits per heavy atom. The van der Waals surface area contributed by atoms with Gasteiger partial charge in [0, 0.05) is 12.6 Å². The normalized spacial score (nSPS) is 15.9. The van der Waals surface area contributed by atoms with Crippen LogP contribution in [0.3, 0.4) is 0 Å². The zero-order chi connectivity index (χ0) is 20.2. The Morgan fingerprint density at radius 3 is 2.30 bits per heavy atom. The molecule has 0 bridgehead atoms. The Morgan fingerprint density at radius 1 is 1.19 bits per heavy atom. The Hall–Kier alpha value is -1.93. The molecule has 1 aromatic carbocycles. The van der Waals surface area contributed by atoms with E-state index in [4.69, 9.17) is 4.74 Å². The van der Waals surface area contributed by atoms with Crippen molar-refractivity contribution in [3.8, 4) is 0 Å². The van der Waals surface area contributed by atoms with Crippen molar-refractivity contribution in [2.24, 2.45) is 0 Å². The van der Waals surface area contributed by atoms with Gasteiger partial charge >= 0.3 is 5.97 Å². The molecule has 2 rings (SSSR count). The van der Waals surface area contributed by atoms with Crippen LogP contribution in [0.25, 0.3) is 0 Å². The number of hydrogen-bond acceptors (Lipinski definition) is 5. The molecular weight excluding hydrogens is 368 g/mol. The van der Waals surface area contributed by atoms with Gasteiger partial charge in [0.05, 0.1) is 11.3 Å². The van der Waals surface area contributed by atoms with Crippen molar-refractivity contribution < 1.29 is 22.7 Å². The van der Waals surface area contributed by atoms with Crippen molar-refractivity contribution in [1.29, 1.82) is 0 Å². The summed E-state index contributed by atoms with van der Waals surface area (Å²) >= 11 is 0. The van der Waals surface area contributed by atoms with E-state index >= 15 is 0 Å². The third kappa shape index (κ3) is 6.62. The van der Waals surface area contributed by atoms with E-state index in [2.05, 4.69) is 10.0 Å². The first-order valence-corrected chi connectivity index (χ1v) is 10.6. The predicted octanol–water partition coefficient (Wildman–Crippen LogP) is 1.86. The number of amides is 1. The zero-order valence-corrected chi connectivity index (χ0v) is 17.1. The second-order valence-electron chi connectivity index (χ2n) is 7.84. The van der Waals surface area contributed by atoms with Crippen LogP contribution >= 0.6 is 0 Å². The van der Waals surface area contributed by atoms with E-state index < -0.39 is 22.1 Å². The number of esters is 1. The van der Waals surface area contributed by atoms with E-state index in [0.29, 0.717) is 0 Å². The number of rotatable bonds is 8. The van der Waals surface area contributed by atoms with Crippen LogP contribution < -0.4 is 10.0 Å². The van der Waals surface area contributed by atoms with Gasteiger partial charge in [-0.1, -0.05) is 32.9 Å². The molecule has 1 aromatic rings. The fraction of sp³-hybridized carbons (Fsp3) is 0.579. The lowest BCUT2D eigenvalue weighted by molar-refractivity contribution is -0.154. The second kappa shape index (κ2) is 8.39. The average molecular weight is 397 g/mol. The van der Waals surface area contributed by atoms with Crippen molar-refractivity contribution in [1.82, 2.24) is 10.0 Å². The summed E-state index contributed by atoms with van der Waals surface area (Å²) in [6.45, 7) is 7.54. The fourth-order valence-corrected chi connectivity index (χ4v) is 3.39. The lowest BCUT2D eigenvalue weighted by Gasteiger charge is -2.19. The quantitative estimate of drug-likeness (QED) is 0.653. The van der Waals surface area contributed by atoms with Crippen molar-refractivity contribution in [3.63, 3.8) is 0 Å². The largest absolute Gasteiger partial charge is 0.453 e. The topological polar surface area (TPSA) is 102 Å². The molecule has 0 heterocycles. The average Bonchev–Trinajstić information content (AvgIpc) is 3.37. The molecule has 1 fully saturated rings. The van der Waals surface area contributed by atoms with Gasteiger partial charge in [0.25, 0.3) is 5.91 Å². The third-order valence-corrected chi connectivity index (χ3v) is 5.73. The van der Waals surface area contributed by atoms with Crippen molar-refractivity contribution in [2.45, 2.75) is 69.4 Å². The molecule has 1 aliphatic rings. The standard InChI is InChI=1S/C19H28N2O5S/c1-13(18(23)21-15-7-8-15)26-17(22)11-12-20-27(24,25)16-9-5-14(6-10-16)19(2,3)4/h5-6,9-10,13,15,20H,7-8,11-12H2,1-4H3,(H,21,23)/t13-/m0/s1. The predicted molar refractivity (Wildman–Crippen MR) is 102 cm³/mol. The zero-order valence-electron chi connectivity index (χ0n) is 16.2. The monoisotopic (exact) mass is 396 g/mol. The molecule has 0 radical (unpaired) electrons. The van der Waals surface area contributed by atoms with Crippen molar-refractivity contribution in [3.05, 3.63) is 29.8 Å². The summed E-state index contributed by atoms with van der Waals surface area (Å²) in [5, 5.41) is 2.75. The number of carbonyl (C=O) groups is 2. The summed E-state index contributed by atoms with van der Waals surface area (Å²) in [5.41, 5.74) is 0.964. The van der Waals surface area contributed by atoms with Crippen molar-refractivity contribution in [2.75, 3.05) is 6.54 Å². The second-order valence-corrected chi connectivity index (χ2v) is 9.60. The maximum Gasteiger partial charge on any atom is 0.307 e. The number of nitrogens with one attached hydrogen (secondary N) is 2. The summed E-state index contributed by atoms with van der Waals surface area (Å²) < 4.78 is 32.0. The third-order valence-electron chi connectivity index (χ3n) is 4.25. The molecule has 0 saturated heterocycles. The number of benzene rings is 1. The Bertz CT molecular complexity index is 777. The van der Waals surface area contributed by atoms with Gasteiger partial charge in [-0.05, 0) is 42.9 Å². The first-order valence-electron chi connectivity index (χ1n) is 9.09. The summed E-state index contributed by atoms with van der Waals surface area (Å²) in [7, 11) is -3.71. The minimum absolute atomic E-state index is 0.0675. The lowest BCUT2D eigenvalue weighted by Crippen LogP contribution is -2.37. The minimum atomic E-state index is -3.71. The maximum absolute atomic E-state index is 12.3. The van der Waals surface area contributed by atoms with Gasteiger partial charge in [0.15, 0.2) is 6.10 Å². The number of hydrogen-bond donors (Lipinski definition) is 2. The van der Waals surface area contributed by atoms with E-state index in [1.54, 1.807) is 24.3 Å². The maximum atomic E-state index is 12.3. The molecule has 0 aromatic heterocycles. The summed E-state index contributed by atoms with van der Waals surface area (Å²) in [6.07, 6.45) is 0.857. The highest BCUT2D eigenvalue weighted by Gasteiger charge is 2.27. The van der Waals surface area contributed by atoms with Crippen LogP contribution in [0.5, 0.6) is 0 Å². The van der Waals surface area contributed by atoms with Crippen LogP contribution in [0.15, 0.2) is 29.2 Å². The molecule has 0 aliphatic heterocycles. The molecule has 2 N–H and O–H groups in total. The molecule has 0 spiro atoms. The van der Waals surface area contributed by atoms with Crippen LogP contribution in [0.4, 0.5) is 0 Å². The van der Waals surface area contributed by atoms with Gasteiger partial charge in [-0.3, -0.25) is 9.59 Å². The first kappa shape index (κ1) is 21.4. The van der Waals surface area contributed by atoms with Crippen molar-refractivity contribution >= 4 is 21.9 Å². The van der Waals surface area contributed by atoms with Gasteiger partial charge in [0.2, 0.25) is 10.0 Å². The Kier molecular flexibility index (Phi) is 6.64. The number of sulfonamides is 1. The Labute approximate surface area is 160 Å². The minimum Gasteiger partial charge on any atom is -0.453 e. The van der Waals surface area contributed by atoms with E-state index in [1.165, 1.54) is 6.92 Å². The number of ether oxygens (including phenoxy) is 1. The first-order chi connectivity index (χ1) is 12.5. The van der Waals surface area contributed by atoms with E-state index in [-0.39, 0.29) is 35.2 Å². The lowest BCUT2D eigenvalue weighted by atomic mass is 9.87. The van der Waals surface area contributed by atoms with E-state index in [0.717, 1.165) is 18.4 Å². The molecule has 1 aliphatic carbocycles. The van der Waals surface area contributed by atoms with Gasteiger partial charge in [0.1, 0.15) is 0 Å². The molecule has 1 atom stereocenters. The van der Waals surface area contributed by atoms with Crippen LogP contribution in [0, 0.1) is 0 Å². The molecule has 1 amide bonds. The summed E-state index contributed by atoms with van der Waals surface area (Å²) in [4.78, 5) is 23.7. The highest BCUT2D eigenvalue weighted by Crippen LogP contribution is 2.23. The highest BCUT2D eigenvalue weighted by atomic mass is 32.2. The van der Waals surface area contributed by atoms with Crippen LogP contribution in [-0.4, -0.2) is 39.0 Å². The molecule has 1 saturated carbocycles. The van der Waals surface area contributed by atoms with E-state index in [1.807, 2.05) is 20.8 Å². The molecule has 150 valence electrons. The van der Waals surface area contributed by atoms with Gasteiger partial charge in [-0.2, -0.15) is 0 Å². The van der Waals surface area contributed by atoms with Gasteiger partial charge in [-0.15, -0.1) is 0 Å². The van der Waals surface area contributed by atoms with Gasteiger partial charge in [-0.25, -0.2) is 13.1 Å². The van der Waals surface area contributed by atoms with Gasteiger partial charge < -0.3 is 10.1 Å².